The fraction of sp³-hybridized carbons (Fsp3) is 0.571. The molecule has 0 aliphatic heterocycles. The highest BCUT2D eigenvalue weighted by Crippen LogP contribution is 2.03. The second kappa shape index (κ2) is 5.99. The molecule has 70 valence electrons. The molecule has 0 saturated heterocycles. The zero-order chi connectivity index (χ0) is 9.56. The van der Waals surface area contributed by atoms with Crippen molar-refractivity contribution in [1.82, 2.24) is 0 Å². The van der Waals surface area contributed by atoms with Crippen molar-refractivity contribution in [1.29, 1.82) is 0 Å². The lowest BCUT2D eigenvalue weighted by Crippen LogP contribution is -2.34. The van der Waals surface area contributed by atoms with Crippen LogP contribution in [0, 0.1) is 0 Å². The van der Waals surface area contributed by atoms with E-state index in [1.54, 1.807) is 0 Å². The smallest absolute Gasteiger partial charge is 0.336 e. The quantitative estimate of drug-likeness (QED) is 0.358. The standard InChI is InChI=1S/C7H11ClO4/c1-2-3-12-7(11)6(10)5(8)4-9/h2,5-6,9-10H,1,3-4H2. The van der Waals surface area contributed by atoms with Gasteiger partial charge in [-0.1, -0.05) is 12.7 Å². The largest absolute Gasteiger partial charge is 0.460 e. The van der Waals surface area contributed by atoms with Crippen molar-refractivity contribution in [3.05, 3.63) is 12.7 Å². The van der Waals surface area contributed by atoms with Crippen LogP contribution in [0.15, 0.2) is 12.7 Å². The first-order valence-corrected chi connectivity index (χ1v) is 3.77. The minimum Gasteiger partial charge on any atom is -0.460 e. The van der Waals surface area contributed by atoms with E-state index in [-0.39, 0.29) is 6.61 Å². The van der Waals surface area contributed by atoms with Crippen LogP contribution in [0.4, 0.5) is 0 Å². The predicted octanol–water partition coefficient (Wildman–Crippen LogP) is -0.324. The van der Waals surface area contributed by atoms with E-state index in [4.69, 9.17) is 21.8 Å². The van der Waals surface area contributed by atoms with E-state index in [0.717, 1.165) is 0 Å². The monoisotopic (exact) mass is 194 g/mol. The van der Waals surface area contributed by atoms with Crippen LogP contribution in [0.25, 0.3) is 0 Å². The number of esters is 1. The van der Waals surface area contributed by atoms with Crippen molar-refractivity contribution >= 4 is 17.6 Å². The molecule has 0 aromatic heterocycles. The van der Waals surface area contributed by atoms with Gasteiger partial charge < -0.3 is 14.9 Å². The Morgan fingerprint density at radius 3 is 2.75 bits per heavy atom. The van der Waals surface area contributed by atoms with Crippen molar-refractivity contribution in [2.45, 2.75) is 11.5 Å². The van der Waals surface area contributed by atoms with Crippen molar-refractivity contribution in [2.24, 2.45) is 0 Å². The van der Waals surface area contributed by atoms with Gasteiger partial charge in [-0.25, -0.2) is 4.79 Å². The zero-order valence-corrected chi connectivity index (χ0v) is 7.20. The summed E-state index contributed by atoms with van der Waals surface area (Å²) in [5.41, 5.74) is 0. The molecule has 0 fully saturated rings. The SMILES string of the molecule is C=CCOC(=O)C(O)C(Cl)CO. The first-order chi connectivity index (χ1) is 5.63. The fourth-order valence-corrected chi connectivity index (χ4v) is 0.577. The van der Waals surface area contributed by atoms with E-state index in [9.17, 15) is 4.79 Å². The lowest BCUT2D eigenvalue weighted by Gasteiger charge is -2.12. The van der Waals surface area contributed by atoms with Gasteiger partial charge in [-0.15, -0.1) is 11.6 Å². The number of aliphatic hydroxyl groups is 2. The van der Waals surface area contributed by atoms with E-state index in [1.165, 1.54) is 6.08 Å². The topological polar surface area (TPSA) is 66.8 Å². The van der Waals surface area contributed by atoms with E-state index in [2.05, 4.69) is 11.3 Å². The minimum absolute atomic E-state index is 0.0188. The highest BCUT2D eigenvalue weighted by atomic mass is 35.5. The second-order valence-corrected chi connectivity index (χ2v) is 2.62. The van der Waals surface area contributed by atoms with Gasteiger partial charge in [0.25, 0.3) is 0 Å². The highest BCUT2D eigenvalue weighted by molar-refractivity contribution is 6.22. The summed E-state index contributed by atoms with van der Waals surface area (Å²) in [7, 11) is 0. The van der Waals surface area contributed by atoms with Gasteiger partial charge in [0, 0.05) is 0 Å². The van der Waals surface area contributed by atoms with Crippen molar-refractivity contribution in [3.8, 4) is 0 Å². The maximum Gasteiger partial charge on any atom is 0.336 e. The van der Waals surface area contributed by atoms with Crippen LogP contribution in [0.2, 0.25) is 0 Å². The molecule has 2 atom stereocenters. The third-order valence-electron chi connectivity index (χ3n) is 1.10. The molecule has 0 aromatic carbocycles. The molecule has 0 radical (unpaired) electrons. The normalized spacial score (nSPS) is 14.9. The Labute approximate surface area is 75.4 Å². The molecule has 2 N–H and O–H groups in total. The first-order valence-electron chi connectivity index (χ1n) is 3.34. The molecular weight excluding hydrogens is 184 g/mol. The Kier molecular flexibility index (Phi) is 5.70. The van der Waals surface area contributed by atoms with Gasteiger partial charge in [0.2, 0.25) is 0 Å². The molecule has 5 heteroatoms. The number of alkyl halides is 1. The molecule has 0 aliphatic carbocycles. The average Bonchev–Trinajstić information content (AvgIpc) is 2.11. The summed E-state index contributed by atoms with van der Waals surface area (Å²) >= 11 is 5.36. The molecule has 0 bridgehead atoms. The van der Waals surface area contributed by atoms with Crippen LogP contribution in [-0.4, -0.2) is 40.9 Å². The fourth-order valence-electron chi connectivity index (χ4n) is 0.474. The van der Waals surface area contributed by atoms with Crippen LogP contribution in [0.3, 0.4) is 0 Å². The Hall–Kier alpha value is -0.580. The number of ether oxygens (including phenoxy) is 1. The van der Waals surface area contributed by atoms with Crippen LogP contribution in [-0.2, 0) is 9.53 Å². The Morgan fingerprint density at radius 1 is 1.75 bits per heavy atom. The number of rotatable bonds is 5. The first kappa shape index (κ1) is 11.4. The summed E-state index contributed by atoms with van der Waals surface area (Å²) < 4.78 is 4.47. The van der Waals surface area contributed by atoms with Gasteiger partial charge in [0.1, 0.15) is 6.61 Å². The molecule has 0 rings (SSSR count). The molecule has 0 spiro atoms. The summed E-state index contributed by atoms with van der Waals surface area (Å²) in [5, 5.41) is 16.4. The summed E-state index contributed by atoms with van der Waals surface area (Å²) in [5.74, 6) is -0.857. The van der Waals surface area contributed by atoms with Crippen LogP contribution in [0.5, 0.6) is 0 Å². The Bertz CT molecular complexity index is 159. The molecule has 0 amide bonds. The zero-order valence-electron chi connectivity index (χ0n) is 6.44. The van der Waals surface area contributed by atoms with E-state index in [0.29, 0.717) is 0 Å². The van der Waals surface area contributed by atoms with Gasteiger partial charge in [-0.3, -0.25) is 0 Å². The van der Waals surface area contributed by atoms with E-state index < -0.39 is 24.1 Å². The average molecular weight is 195 g/mol. The summed E-state index contributed by atoms with van der Waals surface area (Å²) in [6, 6.07) is 0. The second-order valence-electron chi connectivity index (χ2n) is 2.06. The third kappa shape index (κ3) is 3.71. The number of aliphatic hydroxyl groups excluding tert-OH is 2. The molecule has 0 heterocycles. The van der Waals surface area contributed by atoms with E-state index >= 15 is 0 Å². The molecule has 0 saturated carbocycles. The van der Waals surface area contributed by atoms with Gasteiger partial charge in [-0.05, 0) is 0 Å². The predicted molar refractivity (Wildman–Crippen MR) is 43.9 cm³/mol. The molecule has 12 heavy (non-hydrogen) atoms. The molecule has 0 aromatic rings. The number of hydrogen-bond acceptors (Lipinski definition) is 4. The Morgan fingerprint density at radius 2 is 2.33 bits per heavy atom. The van der Waals surface area contributed by atoms with Crippen molar-refractivity contribution in [2.75, 3.05) is 13.2 Å². The van der Waals surface area contributed by atoms with E-state index in [1.807, 2.05) is 0 Å². The molecule has 4 nitrogen and oxygen atoms in total. The summed E-state index contributed by atoms with van der Waals surface area (Å²) in [6.45, 7) is 2.85. The molecular formula is C7H11ClO4. The van der Waals surface area contributed by atoms with Gasteiger partial charge in [0.05, 0.1) is 12.0 Å². The Balaban J connectivity index is 3.83. The third-order valence-corrected chi connectivity index (χ3v) is 1.48. The van der Waals surface area contributed by atoms with Gasteiger partial charge in [-0.2, -0.15) is 0 Å². The van der Waals surface area contributed by atoms with Gasteiger partial charge in [0.15, 0.2) is 6.10 Å². The van der Waals surface area contributed by atoms with Crippen LogP contribution >= 0.6 is 11.6 Å². The van der Waals surface area contributed by atoms with Crippen molar-refractivity contribution in [3.63, 3.8) is 0 Å². The van der Waals surface area contributed by atoms with Crippen LogP contribution < -0.4 is 0 Å². The lowest BCUT2D eigenvalue weighted by atomic mass is 10.2. The van der Waals surface area contributed by atoms with Crippen LogP contribution in [0.1, 0.15) is 0 Å². The summed E-state index contributed by atoms with van der Waals surface area (Å²) in [6.07, 6.45) is -0.121. The maximum atomic E-state index is 10.8. The number of carbonyl (C=O) groups is 1. The van der Waals surface area contributed by atoms with Crippen molar-refractivity contribution < 1.29 is 19.7 Å². The van der Waals surface area contributed by atoms with Gasteiger partial charge >= 0.3 is 5.97 Å². The molecule has 2 unspecified atom stereocenters. The summed E-state index contributed by atoms with van der Waals surface area (Å²) in [4.78, 5) is 10.8. The number of carbonyl (C=O) groups excluding carboxylic acids is 1. The lowest BCUT2D eigenvalue weighted by molar-refractivity contribution is -0.152. The maximum absolute atomic E-state index is 10.8. The minimum atomic E-state index is -1.49. The number of halogens is 1. The number of hydrogen-bond donors (Lipinski definition) is 2. The molecule has 0 aliphatic rings. The highest BCUT2D eigenvalue weighted by Gasteiger charge is 2.24.